The maximum absolute atomic E-state index is 13.8. The van der Waals surface area contributed by atoms with Crippen molar-refractivity contribution in [3.05, 3.63) is 46.2 Å². The first-order valence-corrected chi connectivity index (χ1v) is 6.61. The van der Waals surface area contributed by atoms with E-state index < -0.39 is 0 Å². The molecule has 3 nitrogen and oxygen atoms in total. The van der Waals surface area contributed by atoms with Crippen LogP contribution >= 0.6 is 11.3 Å². The molecule has 1 aromatic heterocycles. The molecule has 1 aromatic carbocycles. The Bertz CT molecular complexity index is 502. The zero-order valence-corrected chi connectivity index (χ0v) is 11.1. The molecule has 2 rings (SSSR count). The quantitative estimate of drug-likeness (QED) is 0.902. The predicted molar refractivity (Wildman–Crippen MR) is 70.3 cm³/mol. The van der Waals surface area contributed by atoms with Crippen LogP contribution in [0.5, 0.6) is 5.75 Å². The lowest BCUT2D eigenvalue weighted by atomic mass is 10.1. The fraction of sp³-hybridized carbons (Fsp3) is 0.308. The zero-order valence-electron chi connectivity index (χ0n) is 10.3. The maximum Gasteiger partial charge on any atom is 0.165 e. The highest BCUT2D eigenvalue weighted by molar-refractivity contribution is 7.07. The SMILES string of the molecule is CNC(C)c1ccc(OCc2cscn2)c(F)c1. The molecule has 1 atom stereocenters. The molecule has 1 unspecified atom stereocenters. The summed E-state index contributed by atoms with van der Waals surface area (Å²) in [6.45, 7) is 2.27. The molecule has 0 radical (unpaired) electrons. The Morgan fingerprint density at radius 2 is 2.33 bits per heavy atom. The van der Waals surface area contributed by atoms with Gasteiger partial charge in [0.2, 0.25) is 0 Å². The Morgan fingerprint density at radius 1 is 1.50 bits per heavy atom. The third-order valence-electron chi connectivity index (χ3n) is 2.75. The smallest absolute Gasteiger partial charge is 0.165 e. The lowest BCUT2D eigenvalue weighted by Crippen LogP contribution is -2.12. The van der Waals surface area contributed by atoms with Gasteiger partial charge in [0.25, 0.3) is 0 Å². The molecule has 0 aliphatic rings. The van der Waals surface area contributed by atoms with Crippen LogP contribution in [-0.4, -0.2) is 12.0 Å². The van der Waals surface area contributed by atoms with Gasteiger partial charge < -0.3 is 10.1 Å². The molecule has 2 aromatic rings. The summed E-state index contributed by atoms with van der Waals surface area (Å²) in [4.78, 5) is 4.08. The van der Waals surface area contributed by atoms with Gasteiger partial charge in [-0.05, 0) is 31.7 Å². The van der Waals surface area contributed by atoms with Crippen molar-refractivity contribution in [1.29, 1.82) is 0 Å². The summed E-state index contributed by atoms with van der Waals surface area (Å²) in [5.74, 6) is -0.0834. The number of rotatable bonds is 5. The standard InChI is InChI=1S/C13H15FN2OS/c1-9(15-2)10-3-4-13(12(14)5-10)17-6-11-7-18-8-16-11/h3-5,7-9,15H,6H2,1-2H3. The van der Waals surface area contributed by atoms with E-state index in [-0.39, 0.29) is 17.6 Å². The molecular weight excluding hydrogens is 251 g/mol. The molecular formula is C13H15FN2OS. The van der Waals surface area contributed by atoms with E-state index in [2.05, 4.69) is 10.3 Å². The van der Waals surface area contributed by atoms with Crippen LogP contribution in [-0.2, 0) is 6.61 Å². The van der Waals surface area contributed by atoms with Crippen LogP contribution in [0.4, 0.5) is 4.39 Å². The summed E-state index contributed by atoms with van der Waals surface area (Å²) < 4.78 is 19.2. The van der Waals surface area contributed by atoms with Gasteiger partial charge in [-0.15, -0.1) is 11.3 Å². The maximum atomic E-state index is 13.8. The Balaban J connectivity index is 2.05. The third-order valence-corrected chi connectivity index (χ3v) is 3.38. The van der Waals surface area contributed by atoms with Crippen molar-refractivity contribution in [1.82, 2.24) is 10.3 Å². The number of nitrogens with one attached hydrogen (secondary N) is 1. The average molecular weight is 266 g/mol. The van der Waals surface area contributed by atoms with Gasteiger partial charge in [0, 0.05) is 11.4 Å². The van der Waals surface area contributed by atoms with Crippen molar-refractivity contribution in [2.75, 3.05) is 7.05 Å². The second-order valence-corrected chi connectivity index (χ2v) is 4.69. The Morgan fingerprint density at radius 3 is 2.94 bits per heavy atom. The normalized spacial score (nSPS) is 12.4. The number of hydrogen-bond donors (Lipinski definition) is 1. The van der Waals surface area contributed by atoms with Crippen LogP contribution in [0.25, 0.3) is 0 Å². The Kier molecular flexibility index (Phi) is 4.28. The van der Waals surface area contributed by atoms with Gasteiger partial charge in [-0.2, -0.15) is 0 Å². The minimum Gasteiger partial charge on any atom is -0.484 e. The molecule has 0 aliphatic heterocycles. The van der Waals surface area contributed by atoms with E-state index >= 15 is 0 Å². The first kappa shape index (κ1) is 13.0. The Labute approximate surface area is 110 Å². The number of thiazole rings is 1. The molecule has 0 saturated heterocycles. The first-order chi connectivity index (χ1) is 8.70. The summed E-state index contributed by atoms with van der Waals surface area (Å²) in [5.41, 5.74) is 3.44. The van der Waals surface area contributed by atoms with Crippen molar-refractivity contribution in [3.8, 4) is 5.75 Å². The number of ether oxygens (including phenoxy) is 1. The van der Waals surface area contributed by atoms with Gasteiger partial charge in [-0.3, -0.25) is 0 Å². The first-order valence-electron chi connectivity index (χ1n) is 5.67. The fourth-order valence-electron chi connectivity index (χ4n) is 1.53. The van der Waals surface area contributed by atoms with E-state index in [0.29, 0.717) is 6.61 Å². The van der Waals surface area contributed by atoms with Gasteiger partial charge in [-0.25, -0.2) is 9.37 Å². The number of halogens is 1. The van der Waals surface area contributed by atoms with Crippen LogP contribution in [0.15, 0.2) is 29.1 Å². The molecule has 1 heterocycles. The van der Waals surface area contributed by atoms with Crippen molar-refractivity contribution in [2.24, 2.45) is 0 Å². The van der Waals surface area contributed by atoms with Gasteiger partial charge in [0.05, 0.1) is 11.2 Å². The van der Waals surface area contributed by atoms with Crippen molar-refractivity contribution < 1.29 is 9.13 Å². The summed E-state index contributed by atoms with van der Waals surface area (Å²) in [6, 6.07) is 5.13. The zero-order chi connectivity index (χ0) is 13.0. The van der Waals surface area contributed by atoms with Crippen LogP contribution in [0.2, 0.25) is 0 Å². The second kappa shape index (κ2) is 5.93. The van der Waals surface area contributed by atoms with Crippen molar-refractivity contribution in [2.45, 2.75) is 19.6 Å². The minimum absolute atomic E-state index is 0.118. The lowest BCUT2D eigenvalue weighted by molar-refractivity contribution is 0.286. The van der Waals surface area contributed by atoms with E-state index in [1.807, 2.05) is 25.4 Å². The number of benzene rings is 1. The molecule has 0 spiro atoms. The summed E-state index contributed by atoms with van der Waals surface area (Å²) >= 11 is 1.50. The highest BCUT2D eigenvalue weighted by Crippen LogP contribution is 2.22. The van der Waals surface area contributed by atoms with Crippen LogP contribution in [0.1, 0.15) is 24.2 Å². The third kappa shape index (κ3) is 3.05. The van der Waals surface area contributed by atoms with Crippen LogP contribution in [0.3, 0.4) is 0 Å². The molecule has 0 bridgehead atoms. The molecule has 0 fully saturated rings. The number of hydrogen-bond acceptors (Lipinski definition) is 4. The van der Waals surface area contributed by atoms with E-state index in [4.69, 9.17) is 4.74 Å². The summed E-state index contributed by atoms with van der Waals surface area (Å²) in [7, 11) is 1.84. The van der Waals surface area contributed by atoms with Crippen molar-refractivity contribution >= 4 is 11.3 Å². The van der Waals surface area contributed by atoms with E-state index in [9.17, 15) is 4.39 Å². The van der Waals surface area contributed by atoms with Crippen LogP contribution < -0.4 is 10.1 Å². The highest BCUT2D eigenvalue weighted by atomic mass is 32.1. The lowest BCUT2D eigenvalue weighted by Gasteiger charge is -2.12. The highest BCUT2D eigenvalue weighted by Gasteiger charge is 2.09. The summed E-state index contributed by atoms with van der Waals surface area (Å²) in [5, 5.41) is 4.95. The molecule has 0 amide bonds. The van der Waals surface area contributed by atoms with E-state index in [1.165, 1.54) is 17.4 Å². The van der Waals surface area contributed by atoms with Gasteiger partial charge >= 0.3 is 0 Å². The number of aromatic nitrogens is 1. The minimum atomic E-state index is -0.343. The molecule has 0 aliphatic carbocycles. The average Bonchev–Trinajstić information content (AvgIpc) is 2.89. The molecule has 0 saturated carbocycles. The predicted octanol–water partition coefficient (Wildman–Crippen LogP) is 3.14. The van der Waals surface area contributed by atoms with E-state index in [1.54, 1.807) is 11.6 Å². The Hall–Kier alpha value is -1.46. The molecule has 1 N–H and O–H groups in total. The second-order valence-electron chi connectivity index (χ2n) is 3.97. The molecule has 5 heteroatoms. The topological polar surface area (TPSA) is 34.1 Å². The van der Waals surface area contributed by atoms with Gasteiger partial charge in [-0.1, -0.05) is 6.07 Å². The monoisotopic (exact) mass is 266 g/mol. The van der Waals surface area contributed by atoms with Gasteiger partial charge in [0.15, 0.2) is 11.6 Å². The van der Waals surface area contributed by atoms with Crippen LogP contribution in [0, 0.1) is 5.82 Å². The summed E-state index contributed by atoms with van der Waals surface area (Å²) in [6.07, 6.45) is 0. The molecule has 96 valence electrons. The van der Waals surface area contributed by atoms with Crippen molar-refractivity contribution in [3.63, 3.8) is 0 Å². The number of nitrogens with zero attached hydrogens (tertiary/aromatic N) is 1. The largest absolute Gasteiger partial charge is 0.484 e. The molecule has 18 heavy (non-hydrogen) atoms. The van der Waals surface area contributed by atoms with Gasteiger partial charge in [0.1, 0.15) is 6.61 Å². The van der Waals surface area contributed by atoms with E-state index in [0.717, 1.165) is 11.3 Å². The fourth-order valence-corrected chi connectivity index (χ4v) is 2.07.